The summed E-state index contributed by atoms with van der Waals surface area (Å²) >= 11 is 11.5. The van der Waals surface area contributed by atoms with Crippen LogP contribution in [-0.4, -0.2) is 24.5 Å². The zero-order valence-electron chi connectivity index (χ0n) is 9.57. The Morgan fingerprint density at radius 1 is 1.47 bits per heavy atom. The molecule has 5 nitrogen and oxygen atoms in total. The molecule has 90 valence electrons. The Morgan fingerprint density at radius 3 is 2.71 bits per heavy atom. The van der Waals surface area contributed by atoms with Gasteiger partial charge in [0.25, 0.3) is 0 Å². The Balaban J connectivity index is 2.25. The van der Waals surface area contributed by atoms with E-state index in [0.29, 0.717) is 15.8 Å². The van der Waals surface area contributed by atoms with Crippen LogP contribution in [0, 0.1) is 11.7 Å². The molecule has 1 aliphatic carbocycles. The van der Waals surface area contributed by atoms with Crippen LogP contribution in [0.25, 0.3) is 11.5 Å². The Labute approximate surface area is 108 Å². The highest BCUT2D eigenvalue weighted by Crippen LogP contribution is 2.39. The van der Waals surface area contributed by atoms with Crippen LogP contribution in [0.1, 0.15) is 24.6 Å². The molecule has 2 heterocycles. The first-order valence-electron chi connectivity index (χ1n) is 5.46. The van der Waals surface area contributed by atoms with Crippen molar-refractivity contribution >= 4 is 23.8 Å². The Hall–Kier alpha value is -1.14. The first kappa shape index (κ1) is 11.0. The number of aromatic nitrogens is 5. The van der Waals surface area contributed by atoms with Crippen LogP contribution >= 0.6 is 23.8 Å². The number of nitrogens with zero attached hydrogens (tertiary/aromatic N) is 4. The summed E-state index contributed by atoms with van der Waals surface area (Å²) in [7, 11) is 1.86. The van der Waals surface area contributed by atoms with E-state index < -0.39 is 0 Å². The normalized spacial score (nSPS) is 15.5. The zero-order valence-corrected chi connectivity index (χ0v) is 11.1. The molecule has 3 rings (SSSR count). The van der Waals surface area contributed by atoms with E-state index >= 15 is 0 Å². The molecule has 7 heteroatoms. The number of aromatic amines is 1. The van der Waals surface area contributed by atoms with Gasteiger partial charge in [-0.25, -0.2) is 0 Å². The van der Waals surface area contributed by atoms with Crippen molar-refractivity contribution in [2.24, 2.45) is 7.05 Å². The summed E-state index contributed by atoms with van der Waals surface area (Å²) in [5, 5.41) is 12.1. The quantitative estimate of drug-likeness (QED) is 0.853. The molecule has 0 unspecified atom stereocenters. The second kappa shape index (κ2) is 3.68. The highest BCUT2D eigenvalue weighted by Gasteiger charge is 2.29. The highest BCUT2D eigenvalue weighted by molar-refractivity contribution is 7.71. The van der Waals surface area contributed by atoms with Crippen LogP contribution in [0.5, 0.6) is 0 Å². The van der Waals surface area contributed by atoms with Crippen molar-refractivity contribution < 1.29 is 0 Å². The van der Waals surface area contributed by atoms with Gasteiger partial charge >= 0.3 is 0 Å². The van der Waals surface area contributed by atoms with Gasteiger partial charge in [-0.1, -0.05) is 11.6 Å². The molecule has 1 N–H and O–H groups in total. The van der Waals surface area contributed by atoms with E-state index in [1.807, 2.05) is 18.5 Å². The Bertz CT molecular complexity index is 634. The molecular formula is C10H12ClN5S. The molecule has 1 aliphatic rings. The second-order valence-corrected chi connectivity index (χ2v) is 5.09. The summed E-state index contributed by atoms with van der Waals surface area (Å²) in [6.07, 6.45) is 2.30. The molecule has 2 aromatic rings. The number of H-pyrrole nitrogens is 1. The van der Waals surface area contributed by atoms with E-state index in [-0.39, 0.29) is 0 Å². The van der Waals surface area contributed by atoms with E-state index in [9.17, 15) is 0 Å². The molecule has 0 aliphatic heterocycles. The number of hydrogen-bond acceptors (Lipinski definition) is 3. The third-order valence-electron chi connectivity index (χ3n) is 2.98. The summed E-state index contributed by atoms with van der Waals surface area (Å²) in [5.41, 5.74) is 1.63. The van der Waals surface area contributed by atoms with Crippen LogP contribution < -0.4 is 0 Å². The van der Waals surface area contributed by atoms with Crippen LogP contribution in [0.3, 0.4) is 0 Å². The van der Waals surface area contributed by atoms with Crippen molar-refractivity contribution in [2.45, 2.75) is 25.8 Å². The average molecular weight is 270 g/mol. The molecule has 0 atom stereocenters. The molecule has 2 aromatic heterocycles. The van der Waals surface area contributed by atoms with Gasteiger partial charge < -0.3 is 0 Å². The monoisotopic (exact) mass is 269 g/mol. The molecule has 1 fully saturated rings. The van der Waals surface area contributed by atoms with Gasteiger partial charge in [0.05, 0.1) is 10.7 Å². The maximum absolute atomic E-state index is 6.27. The fraction of sp³-hybridized carbons (Fsp3) is 0.500. The van der Waals surface area contributed by atoms with Gasteiger partial charge in [-0.3, -0.25) is 14.3 Å². The van der Waals surface area contributed by atoms with Gasteiger partial charge in [-0.05, 0) is 32.0 Å². The van der Waals surface area contributed by atoms with E-state index in [1.54, 1.807) is 4.68 Å². The van der Waals surface area contributed by atoms with E-state index in [0.717, 1.165) is 30.1 Å². The summed E-state index contributed by atoms with van der Waals surface area (Å²) in [5.74, 6) is 0.783. The van der Waals surface area contributed by atoms with Crippen molar-refractivity contribution in [1.82, 2.24) is 24.5 Å². The molecule has 0 saturated heterocycles. The molecular weight excluding hydrogens is 258 g/mol. The first-order valence-corrected chi connectivity index (χ1v) is 6.24. The van der Waals surface area contributed by atoms with Gasteiger partial charge in [0.1, 0.15) is 5.69 Å². The van der Waals surface area contributed by atoms with Crippen molar-refractivity contribution in [3.63, 3.8) is 0 Å². The maximum Gasteiger partial charge on any atom is 0.195 e. The largest absolute Gasteiger partial charge is 0.296 e. The standard InChI is InChI=1S/C10H12ClN5S/c1-5-7(11)8(15(2)14-5)9-12-13-10(17)16(9)6-3-4-6/h6H,3-4H2,1-2H3,(H,13,17). The maximum atomic E-state index is 6.27. The third kappa shape index (κ3) is 1.63. The average Bonchev–Trinajstić information content (AvgIpc) is 2.99. The topological polar surface area (TPSA) is 51.4 Å². The number of hydrogen-bond donors (Lipinski definition) is 1. The predicted octanol–water partition coefficient (Wildman–Crippen LogP) is 2.64. The summed E-state index contributed by atoms with van der Waals surface area (Å²) in [6, 6.07) is 0.461. The van der Waals surface area contributed by atoms with E-state index in [4.69, 9.17) is 23.8 Å². The minimum atomic E-state index is 0.461. The minimum Gasteiger partial charge on any atom is -0.296 e. The van der Waals surface area contributed by atoms with Crippen molar-refractivity contribution in [3.05, 3.63) is 15.5 Å². The number of nitrogens with one attached hydrogen (secondary N) is 1. The molecule has 0 bridgehead atoms. The highest BCUT2D eigenvalue weighted by atomic mass is 35.5. The van der Waals surface area contributed by atoms with Gasteiger partial charge in [-0.2, -0.15) is 10.2 Å². The fourth-order valence-electron chi connectivity index (χ4n) is 2.02. The number of halogens is 1. The lowest BCUT2D eigenvalue weighted by Crippen LogP contribution is -2.02. The van der Waals surface area contributed by atoms with Gasteiger partial charge in [-0.15, -0.1) is 0 Å². The van der Waals surface area contributed by atoms with Crippen molar-refractivity contribution in [3.8, 4) is 11.5 Å². The van der Waals surface area contributed by atoms with E-state index in [2.05, 4.69) is 15.3 Å². The lowest BCUT2D eigenvalue weighted by molar-refractivity contribution is 0.711. The van der Waals surface area contributed by atoms with Crippen LogP contribution in [0.15, 0.2) is 0 Å². The van der Waals surface area contributed by atoms with Crippen molar-refractivity contribution in [2.75, 3.05) is 0 Å². The van der Waals surface area contributed by atoms with Gasteiger partial charge in [0.2, 0.25) is 0 Å². The molecule has 0 spiro atoms. The SMILES string of the molecule is Cc1nn(C)c(-c2n[nH]c(=S)n2C2CC2)c1Cl. The third-order valence-corrected chi connectivity index (χ3v) is 3.72. The van der Waals surface area contributed by atoms with Crippen LogP contribution in [-0.2, 0) is 7.05 Å². The number of rotatable bonds is 2. The Kier molecular flexibility index (Phi) is 2.38. The minimum absolute atomic E-state index is 0.461. The summed E-state index contributed by atoms with van der Waals surface area (Å²) < 4.78 is 4.44. The van der Waals surface area contributed by atoms with Crippen molar-refractivity contribution in [1.29, 1.82) is 0 Å². The van der Waals surface area contributed by atoms with Gasteiger partial charge in [0.15, 0.2) is 10.6 Å². The summed E-state index contributed by atoms with van der Waals surface area (Å²) in [4.78, 5) is 0. The molecule has 0 aromatic carbocycles. The lowest BCUT2D eigenvalue weighted by atomic mass is 10.3. The second-order valence-electron chi connectivity index (χ2n) is 4.33. The fourth-order valence-corrected chi connectivity index (χ4v) is 2.54. The Morgan fingerprint density at radius 2 is 2.18 bits per heavy atom. The summed E-state index contributed by atoms with van der Waals surface area (Å²) in [6.45, 7) is 1.88. The van der Waals surface area contributed by atoms with Crippen LogP contribution in [0.4, 0.5) is 0 Å². The molecule has 1 saturated carbocycles. The molecule has 0 amide bonds. The van der Waals surface area contributed by atoms with Gasteiger partial charge in [0, 0.05) is 13.1 Å². The number of aryl methyl sites for hydroxylation is 2. The van der Waals surface area contributed by atoms with E-state index in [1.165, 1.54) is 0 Å². The predicted molar refractivity (Wildman–Crippen MR) is 67.6 cm³/mol. The zero-order chi connectivity index (χ0) is 12.2. The first-order chi connectivity index (χ1) is 8.09. The smallest absolute Gasteiger partial charge is 0.195 e. The molecule has 17 heavy (non-hydrogen) atoms. The van der Waals surface area contributed by atoms with Crippen LogP contribution in [0.2, 0.25) is 5.02 Å². The molecule has 0 radical (unpaired) electrons. The lowest BCUT2D eigenvalue weighted by Gasteiger charge is -2.05.